The highest BCUT2D eigenvalue weighted by molar-refractivity contribution is 6.10. The molecule has 4 nitrogen and oxygen atoms in total. The van der Waals surface area contributed by atoms with Crippen LogP contribution >= 0.6 is 0 Å². The van der Waals surface area contributed by atoms with Crippen molar-refractivity contribution in [2.75, 3.05) is 24.7 Å². The van der Waals surface area contributed by atoms with Crippen molar-refractivity contribution < 1.29 is 9.59 Å². The molecule has 0 fully saturated rings. The number of rotatable bonds is 5. The van der Waals surface area contributed by atoms with Gasteiger partial charge in [-0.25, -0.2) is 0 Å². The molecule has 0 saturated carbocycles. The molecule has 0 unspecified atom stereocenters. The van der Waals surface area contributed by atoms with Gasteiger partial charge in [0.25, 0.3) is 0 Å². The molecule has 2 N–H and O–H groups in total. The minimum absolute atomic E-state index is 0.0480. The molecule has 0 aliphatic heterocycles. The van der Waals surface area contributed by atoms with Gasteiger partial charge in [0.1, 0.15) is 5.78 Å². The normalized spacial score (nSPS) is 9.69. The summed E-state index contributed by atoms with van der Waals surface area (Å²) in [6.45, 7) is 1.42. The zero-order chi connectivity index (χ0) is 12.1. The number of anilines is 2. The summed E-state index contributed by atoms with van der Waals surface area (Å²) >= 11 is 0. The predicted molar refractivity (Wildman–Crippen MR) is 65.2 cm³/mol. The Kier molecular flexibility index (Phi) is 4.05. The summed E-state index contributed by atoms with van der Waals surface area (Å²) in [6, 6.07) is 5.38. The zero-order valence-electron chi connectivity index (χ0n) is 9.76. The molecule has 0 spiro atoms. The van der Waals surface area contributed by atoms with Gasteiger partial charge in [-0.3, -0.25) is 9.59 Å². The first kappa shape index (κ1) is 12.2. The highest BCUT2D eigenvalue weighted by Crippen LogP contribution is 2.21. The average molecular weight is 220 g/mol. The molecule has 0 bridgehead atoms. The predicted octanol–water partition coefficient (Wildman–Crippen LogP) is 1.93. The summed E-state index contributed by atoms with van der Waals surface area (Å²) in [7, 11) is 3.56. The molecule has 1 aromatic carbocycles. The molecule has 16 heavy (non-hydrogen) atoms. The van der Waals surface area contributed by atoms with Crippen LogP contribution in [0.4, 0.5) is 11.4 Å². The SMILES string of the molecule is CNc1ccc(C(=O)CC(C)=O)c(NC)c1. The molecule has 1 aromatic rings. The number of hydrogen-bond acceptors (Lipinski definition) is 4. The molecule has 4 heteroatoms. The Morgan fingerprint density at radius 3 is 2.38 bits per heavy atom. The van der Waals surface area contributed by atoms with E-state index >= 15 is 0 Å². The molecule has 0 amide bonds. The first-order chi connectivity index (χ1) is 7.58. The summed E-state index contributed by atoms with van der Waals surface area (Å²) < 4.78 is 0. The molecule has 0 aliphatic rings. The zero-order valence-corrected chi connectivity index (χ0v) is 9.76. The average Bonchev–Trinajstić information content (AvgIpc) is 2.27. The first-order valence-corrected chi connectivity index (χ1v) is 5.10. The van der Waals surface area contributed by atoms with Crippen LogP contribution in [0, 0.1) is 0 Å². The Morgan fingerprint density at radius 1 is 1.19 bits per heavy atom. The second-order valence-corrected chi connectivity index (χ2v) is 3.56. The fraction of sp³-hybridized carbons (Fsp3) is 0.333. The maximum Gasteiger partial charge on any atom is 0.172 e. The van der Waals surface area contributed by atoms with E-state index in [0.717, 1.165) is 11.4 Å². The van der Waals surface area contributed by atoms with Crippen molar-refractivity contribution in [2.45, 2.75) is 13.3 Å². The van der Waals surface area contributed by atoms with Crippen molar-refractivity contribution in [3.8, 4) is 0 Å². The van der Waals surface area contributed by atoms with E-state index < -0.39 is 0 Å². The standard InChI is InChI=1S/C12H16N2O2/c1-8(15)6-12(16)10-5-4-9(13-2)7-11(10)14-3/h4-5,7,13-14H,6H2,1-3H3. The molecule has 0 radical (unpaired) electrons. The summed E-state index contributed by atoms with van der Waals surface area (Å²) in [5.41, 5.74) is 2.21. The monoisotopic (exact) mass is 220 g/mol. The molecule has 0 aliphatic carbocycles. The van der Waals surface area contributed by atoms with Gasteiger partial charge in [0, 0.05) is 31.0 Å². The van der Waals surface area contributed by atoms with Gasteiger partial charge >= 0.3 is 0 Å². The van der Waals surface area contributed by atoms with E-state index in [9.17, 15) is 9.59 Å². The quantitative estimate of drug-likeness (QED) is 0.588. The Bertz CT molecular complexity index is 413. The molecule has 0 heterocycles. The van der Waals surface area contributed by atoms with E-state index in [1.54, 1.807) is 13.1 Å². The van der Waals surface area contributed by atoms with Gasteiger partial charge in [0.2, 0.25) is 0 Å². The van der Waals surface area contributed by atoms with Crippen LogP contribution in [0.15, 0.2) is 18.2 Å². The number of nitrogens with one attached hydrogen (secondary N) is 2. The number of Topliss-reactive ketones (excluding diaryl/α,β-unsaturated/α-hetero) is 2. The van der Waals surface area contributed by atoms with Gasteiger partial charge in [-0.15, -0.1) is 0 Å². The lowest BCUT2D eigenvalue weighted by Gasteiger charge is -2.09. The van der Waals surface area contributed by atoms with Crippen molar-refractivity contribution in [1.82, 2.24) is 0 Å². The smallest absolute Gasteiger partial charge is 0.172 e. The fourth-order valence-corrected chi connectivity index (χ4v) is 1.47. The van der Waals surface area contributed by atoms with Crippen molar-refractivity contribution >= 4 is 22.9 Å². The second-order valence-electron chi connectivity index (χ2n) is 3.56. The summed E-state index contributed by atoms with van der Waals surface area (Å²) in [6.07, 6.45) is -0.0480. The molecule has 0 atom stereocenters. The van der Waals surface area contributed by atoms with E-state index in [2.05, 4.69) is 10.6 Å². The van der Waals surface area contributed by atoms with Gasteiger partial charge < -0.3 is 10.6 Å². The third-order valence-corrected chi connectivity index (χ3v) is 2.29. The molecule has 86 valence electrons. The molecule has 0 aromatic heterocycles. The fourth-order valence-electron chi connectivity index (χ4n) is 1.47. The molecular formula is C12H16N2O2. The lowest BCUT2D eigenvalue weighted by Crippen LogP contribution is -2.08. The lowest BCUT2D eigenvalue weighted by atomic mass is 10.0. The van der Waals surface area contributed by atoms with Crippen LogP contribution in [-0.2, 0) is 4.79 Å². The maximum absolute atomic E-state index is 11.8. The number of carbonyl (C=O) groups is 2. The van der Waals surface area contributed by atoms with Crippen LogP contribution in [0.1, 0.15) is 23.7 Å². The molecular weight excluding hydrogens is 204 g/mol. The minimum atomic E-state index is -0.153. The topological polar surface area (TPSA) is 58.2 Å². The van der Waals surface area contributed by atoms with Crippen LogP contribution in [0.3, 0.4) is 0 Å². The van der Waals surface area contributed by atoms with E-state index in [0.29, 0.717) is 5.56 Å². The number of ketones is 2. The Balaban J connectivity index is 3.03. The van der Waals surface area contributed by atoms with Crippen LogP contribution < -0.4 is 10.6 Å². The number of carbonyl (C=O) groups excluding carboxylic acids is 2. The largest absolute Gasteiger partial charge is 0.388 e. The van der Waals surface area contributed by atoms with Crippen molar-refractivity contribution in [3.05, 3.63) is 23.8 Å². The lowest BCUT2D eigenvalue weighted by molar-refractivity contribution is -0.116. The molecule has 1 rings (SSSR count). The Hall–Kier alpha value is -1.84. The molecule has 0 saturated heterocycles. The van der Waals surface area contributed by atoms with Crippen LogP contribution in [0.5, 0.6) is 0 Å². The number of benzene rings is 1. The second kappa shape index (κ2) is 5.30. The highest BCUT2D eigenvalue weighted by atomic mass is 16.1. The van der Waals surface area contributed by atoms with Gasteiger partial charge in [-0.05, 0) is 25.1 Å². The summed E-state index contributed by atoms with van der Waals surface area (Å²) in [5, 5.41) is 5.94. The van der Waals surface area contributed by atoms with Gasteiger partial charge in [-0.2, -0.15) is 0 Å². The van der Waals surface area contributed by atoms with E-state index in [4.69, 9.17) is 0 Å². The van der Waals surface area contributed by atoms with Crippen molar-refractivity contribution in [1.29, 1.82) is 0 Å². The third-order valence-electron chi connectivity index (χ3n) is 2.29. The van der Waals surface area contributed by atoms with Gasteiger partial charge in [0.15, 0.2) is 5.78 Å². The van der Waals surface area contributed by atoms with Crippen LogP contribution in [-0.4, -0.2) is 25.7 Å². The van der Waals surface area contributed by atoms with E-state index in [1.807, 2.05) is 19.2 Å². The van der Waals surface area contributed by atoms with E-state index in [-0.39, 0.29) is 18.0 Å². The van der Waals surface area contributed by atoms with Crippen LogP contribution in [0.25, 0.3) is 0 Å². The van der Waals surface area contributed by atoms with Crippen molar-refractivity contribution in [2.24, 2.45) is 0 Å². The first-order valence-electron chi connectivity index (χ1n) is 5.10. The Labute approximate surface area is 95.0 Å². The summed E-state index contributed by atoms with van der Waals surface area (Å²) in [5.74, 6) is -0.274. The van der Waals surface area contributed by atoms with Crippen LogP contribution in [0.2, 0.25) is 0 Å². The van der Waals surface area contributed by atoms with Crippen molar-refractivity contribution in [3.63, 3.8) is 0 Å². The minimum Gasteiger partial charge on any atom is -0.388 e. The maximum atomic E-state index is 11.8. The van der Waals surface area contributed by atoms with Gasteiger partial charge in [0.05, 0.1) is 6.42 Å². The Morgan fingerprint density at radius 2 is 1.88 bits per heavy atom. The highest BCUT2D eigenvalue weighted by Gasteiger charge is 2.12. The van der Waals surface area contributed by atoms with E-state index in [1.165, 1.54) is 6.92 Å². The summed E-state index contributed by atoms with van der Waals surface area (Å²) in [4.78, 5) is 22.6. The number of hydrogen-bond donors (Lipinski definition) is 2. The van der Waals surface area contributed by atoms with Gasteiger partial charge in [-0.1, -0.05) is 0 Å². The third kappa shape index (κ3) is 2.82.